The van der Waals surface area contributed by atoms with Crippen molar-refractivity contribution in [1.82, 2.24) is 34.7 Å². The highest BCUT2D eigenvalue weighted by Gasteiger charge is 2.22. The van der Waals surface area contributed by atoms with Gasteiger partial charge in [-0.2, -0.15) is 5.26 Å². The Morgan fingerprint density at radius 2 is 1.72 bits per heavy atom. The number of likely N-dealkylation sites (tertiary alicyclic amines) is 1. The van der Waals surface area contributed by atoms with E-state index in [1.54, 1.807) is 18.3 Å². The van der Waals surface area contributed by atoms with Gasteiger partial charge in [-0.15, -0.1) is 0 Å². The molecule has 10 nitrogen and oxygen atoms in total. The Hall–Kier alpha value is -5.92. The molecule has 1 fully saturated rings. The fourth-order valence-electron chi connectivity index (χ4n) is 5.87. The van der Waals surface area contributed by atoms with Crippen LogP contribution in [0.2, 0.25) is 0 Å². The molecule has 3 N–H and O–H groups in total. The largest absolute Gasteiger partial charge is 0.383 e. The SMILES string of the molecule is N#Cc1ccc(C(=O)NC2CCN(Cc3ccc(-n4c(-c5cccnc5N)nc5ccc(-c6ccccc6)nc54)cc3)CC2)cn1. The first-order valence-corrected chi connectivity index (χ1v) is 15.2. The normalized spacial score (nSPS) is 13.8. The van der Waals surface area contributed by atoms with Gasteiger partial charge in [-0.05, 0) is 66.9 Å². The Labute approximate surface area is 266 Å². The molecule has 226 valence electrons. The highest BCUT2D eigenvalue weighted by molar-refractivity contribution is 5.94. The number of benzene rings is 2. The molecule has 1 aliphatic heterocycles. The van der Waals surface area contributed by atoms with Gasteiger partial charge in [-0.25, -0.2) is 19.9 Å². The number of rotatable bonds is 7. The third-order valence-corrected chi connectivity index (χ3v) is 8.32. The minimum absolute atomic E-state index is 0.0999. The summed E-state index contributed by atoms with van der Waals surface area (Å²) in [4.78, 5) is 33.4. The summed E-state index contributed by atoms with van der Waals surface area (Å²) >= 11 is 0. The smallest absolute Gasteiger partial charge is 0.253 e. The van der Waals surface area contributed by atoms with Crippen LogP contribution in [0.1, 0.15) is 34.5 Å². The molecule has 5 heterocycles. The molecule has 1 saturated heterocycles. The van der Waals surface area contributed by atoms with Crippen LogP contribution < -0.4 is 11.1 Å². The molecule has 6 aromatic rings. The van der Waals surface area contributed by atoms with E-state index in [0.29, 0.717) is 22.9 Å². The van der Waals surface area contributed by atoms with E-state index in [4.69, 9.17) is 21.0 Å². The van der Waals surface area contributed by atoms with Crippen molar-refractivity contribution in [2.45, 2.75) is 25.4 Å². The van der Waals surface area contributed by atoms with Crippen LogP contribution in [0.25, 0.3) is 39.5 Å². The number of piperidine rings is 1. The van der Waals surface area contributed by atoms with Crippen molar-refractivity contribution in [3.63, 3.8) is 0 Å². The van der Waals surface area contributed by atoms with Gasteiger partial charge in [0, 0.05) is 49.3 Å². The van der Waals surface area contributed by atoms with E-state index < -0.39 is 0 Å². The number of carbonyl (C=O) groups excluding carboxylic acids is 1. The minimum atomic E-state index is -0.157. The molecule has 0 radical (unpaired) electrons. The van der Waals surface area contributed by atoms with Crippen molar-refractivity contribution < 1.29 is 4.79 Å². The summed E-state index contributed by atoms with van der Waals surface area (Å²) < 4.78 is 2.05. The highest BCUT2D eigenvalue weighted by Crippen LogP contribution is 2.32. The Kier molecular flexibility index (Phi) is 7.89. The lowest BCUT2D eigenvalue weighted by atomic mass is 10.0. The summed E-state index contributed by atoms with van der Waals surface area (Å²) in [6.07, 6.45) is 4.85. The van der Waals surface area contributed by atoms with Gasteiger partial charge < -0.3 is 11.1 Å². The average Bonchev–Trinajstić information content (AvgIpc) is 3.48. The molecule has 7 rings (SSSR count). The third kappa shape index (κ3) is 5.92. The second-order valence-corrected chi connectivity index (χ2v) is 11.3. The quantitative estimate of drug-likeness (QED) is 0.247. The van der Waals surface area contributed by atoms with Gasteiger partial charge >= 0.3 is 0 Å². The zero-order valence-electron chi connectivity index (χ0n) is 25.0. The van der Waals surface area contributed by atoms with Gasteiger partial charge in [0.25, 0.3) is 5.91 Å². The van der Waals surface area contributed by atoms with Crippen LogP contribution in [0.5, 0.6) is 0 Å². The maximum atomic E-state index is 12.7. The van der Waals surface area contributed by atoms with Crippen molar-refractivity contribution in [2.24, 2.45) is 0 Å². The van der Waals surface area contributed by atoms with Gasteiger partial charge in [0.05, 0.1) is 16.8 Å². The first kappa shape index (κ1) is 28.8. The number of amides is 1. The Balaban J connectivity index is 1.09. The molecule has 0 saturated carbocycles. The molecule has 0 aliphatic carbocycles. The summed E-state index contributed by atoms with van der Waals surface area (Å²) in [6.45, 7) is 2.56. The van der Waals surface area contributed by atoms with E-state index in [0.717, 1.165) is 66.1 Å². The maximum absolute atomic E-state index is 12.7. The van der Waals surface area contributed by atoms with Gasteiger partial charge in [0.1, 0.15) is 23.1 Å². The van der Waals surface area contributed by atoms with Crippen LogP contribution in [0.15, 0.2) is 103 Å². The molecule has 0 atom stereocenters. The van der Waals surface area contributed by atoms with Gasteiger partial charge in [-0.1, -0.05) is 42.5 Å². The van der Waals surface area contributed by atoms with Crippen LogP contribution in [0.4, 0.5) is 5.82 Å². The summed E-state index contributed by atoms with van der Waals surface area (Å²) in [5.74, 6) is 0.940. The van der Waals surface area contributed by atoms with Crippen molar-refractivity contribution in [3.05, 3.63) is 120 Å². The number of nitrogens with zero attached hydrogens (tertiary/aromatic N) is 7. The zero-order chi connectivity index (χ0) is 31.5. The topological polar surface area (TPSA) is 139 Å². The summed E-state index contributed by atoms with van der Waals surface area (Å²) in [5, 5.41) is 12.0. The number of hydrogen-bond acceptors (Lipinski definition) is 8. The van der Waals surface area contributed by atoms with Crippen LogP contribution in [0.3, 0.4) is 0 Å². The van der Waals surface area contributed by atoms with Crippen LogP contribution >= 0.6 is 0 Å². The lowest BCUT2D eigenvalue weighted by molar-refractivity contribution is 0.0908. The third-order valence-electron chi connectivity index (χ3n) is 8.32. The summed E-state index contributed by atoms with van der Waals surface area (Å²) in [7, 11) is 0. The van der Waals surface area contributed by atoms with Gasteiger partial charge in [0.2, 0.25) is 0 Å². The van der Waals surface area contributed by atoms with E-state index in [1.165, 1.54) is 11.8 Å². The lowest BCUT2D eigenvalue weighted by Crippen LogP contribution is -2.44. The van der Waals surface area contributed by atoms with Crippen molar-refractivity contribution in [1.29, 1.82) is 5.26 Å². The summed E-state index contributed by atoms with van der Waals surface area (Å²) in [5.41, 5.74) is 13.4. The first-order valence-electron chi connectivity index (χ1n) is 15.2. The predicted molar refractivity (Wildman–Crippen MR) is 177 cm³/mol. The number of nitrogens with two attached hydrogens (primary N) is 1. The number of hydrogen-bond donors (Lipinski definition) is 2. The minimum Gasteiger partial charge on any atom is -0.383 e. The number of aromatic nitrogens is 5. The van der Waals surface area contributed by atoms with Crippen LogP contribution in [0, 0.1) is 11.3 Å². The Bertz CT molecular complexity index is 2040. The lowest BCUT2D eigenvalue weighted by Gasteiger charge is -2.32. The van der Waals surface area contributed by atoms with Gasteiger partial charge in [-0.3, -0.25) is 14.3 Å². The molecule has 0 bridgehead atoms. The fourth-order valence-corrected chi connectivity index (χ4v) is 5.87. The number of imidazole rings is 1. The molecular formula is C36H31N9O. The molecule has 0 unspecified atom stereocenters. The monoisotopic (exact) mass is 605 g/mol. The number of nitrogens with one attached hydrogen (secondary N) is 1. The Morgan fingerprint density at radius 3 is 2.43 bits per heavy atom. The average molecular weight is 606 g/mol. The predicted octanol–water partition coefficient (Wildman–Crippen LogP) is 5.39. The zero-order valence-corrected chi connectivity index (χ0v) is 25.0. The van der Waals surface area contributed by atoms with Gasteiger partial charge in [0.15, 0.2) is 11.5 Å². The molecule has 1 aliphatic rings. The first-order chi connectivity index (χ1) is 22.6. The number of carbonyl (C=O) groups is 1. The second-order valence-electron chi connectivity index (χ2n) is 11.3. The molecule has 4 aromatic heterocycles. The molecular weight excluding hydrogens is 574 g/mol. The van der Waals surface area contributed by atoms with E-state index in [-0.39, 0.29) is 11.9 Å². The van der Waals surface area contributed by atoms with Crippen molar-refractivity contribution in [2.75, 3.05) is 18.8 Å². The van der Waals surface area contributed by atoms with E-state index >= 15 is 0 Å². The van der Waals surface area contributed by atoms with E-state index in [1.807, 2.05) is 60.7 Å². The molecule has 0 spiro atoms. The van der Waals surface area contributed by atoms with Crippen molar-refractivity contribution in [3.8, 4) is 34.4 Å². The fraction of sp³-hybridized carbons (Fsp3) is 0.167. The number of nitriles is 1. The highest BCUT2D eigenvalue weighted by atomic mass is 16.1. The van der Waals surface area contributed by atoms with E-state index in [9.17, 15) is 4.79 Å². The summed E-state index contributed by atoms with van der Waals surface area (Å²) in [6, 6.07) is 31.6. The van der Waals surface area contributed by atoms with Crippen LogP contribution in [-0.2, 0) is 6.54 Å². The Morgan fingerprint density at radius 1 is 0.913 bits per heavy atom. The molecule has 10 heteroatoms. The second kappa shape index (κ2) is 12.6. The van der Waals surface area contributed by atoms with Crippen molar-refractivity contribution >= 4 is 22.9 Å². The molecule has 46 heavy (non-hydrogen) atoms. The molecule has 2 aromatic carbocycles. The molecule has 1 amide bonds. The van der Waals surface area contributed by atoms with Crippen LogP contribution in [-0.4, -0.2) is 54.4 Å². The number of nitrogen functional groups attached to an aromatic ring is 1. The standard InChI is InChI=1S/C36H31N9O/c37-21-28-11-10-26(22-40-28)36(46)41-27-16-19-44(20-17-27)23-24-8-12-29(13-9-24)45-34(30-7-4-18-39-33(30)38)43-32-15-14-31(42-35(32)45)25-5-2-1-3-6-25/h1-15,18,22,27H,16-17,19-20,23H2,(H2,38,39)(H,41,46). The maximum Gasteiger partial charge on any atom is 0.253 e. The number of anilines is 1. The number of fused-ring (bicyclic) bond motifs is 1. The number of pyridine rings is 3. The van der Waals surface area contributed by atoms with E-state index in [2.05, 4.69) is 49.0 Å².